The molecule has 1 radical (unpaired) electrons. The van der Waals surface area contributed by atoms with Crippen LogP contribution in [0.2, 0.25) is 0 Å². The smallest absolute Gasteiger partial charge is 0.109 e. The Morgan fingerprint density at radius 2 is 2.42 bits per heavy atom. The van der Waals surface area contributed by atoms with E-state index in [9.17, 15) is 5.11 Å². The van der Waals surface area contributed by atoms with Crippen molar-refractivity contribution in [1.82, 2.24) is 15.0 Å². The molecule has 0 aliphatic heterocycles. The van der Waals surface area contributed by atoms with Gasteiger partial charge in [-0.25, -0.2) is 10.1 Å². The molecule has 2 aromatic rings. The number of aromatic amines is 1. The van der Waals surface area contributed by atoms with Gasteiger partial charge in [0.15, 0.2) is 0 Å². The molecular formula is C8H8N3O. The monoisotopic (exact) mass is 162 g/mol. The van der Waals surface area contributed by atoms with Crippen molar-refractivity contribution < 1.29 is 5.11 Å². The number of hydrogen-bond acceptors (Lipinski definition) is 2. The highest BCUT2D eigenvalue weighted by molar-refractivity contribution is 5.73. The molecule has 1 N–H and O–H groups in total. The van der Waals surface area contributed by atoms with E-state index in [1.807, 2.05) is 6.07 Å². The number of rotatable bonds is 2. The van der Waals surface area contributed by atoms with E-state index in [-0.39, 0.29) is 6.61 Å². The molecule has 2 aromatic heterocycles. The second kappa shape index (κ2) is 2.91. The van der Waals surface area contributed by atoms with Crippen molar-refractivity contribution in [2.24, 2.45) is 0 Å². The predicted octanol–water partition coefficient (Wildman–Crippen LogP) is 0.931. The summed E-state index contributed by atoms with van der Waals surface area (Å²) in [7, 11) is 0. The van der Waals surface area contributed by atoms with Gasteiger partial charge in [0.25, 0.3) is 0 Å². The number of H-pyrrole nitrogens is 1. The molecule has 61 valence electrons. The molecule has 0 saturated carbocycles. The molecule has 12 heavy (non-hydrogen) atoms. The van der Waals surface area contributed by atoms with Crippen LogP contribution in [0.25, 0.3) is 11.0 Å². The SMILES string of the molecule is [O]CCc1nc2cnccc2[nH]1. The first kappa shape index (κ1) is 7.24. The second-order valence-corrected chi connectivity index (χ2v) is 2.53. The van der Waals surface area contributed by atoms with Crippen molar-refractivity contribution in [2.75, 3.05) is 6.61 Å². The van der Waals surface area contributed by atoms with Gasteiger partial charge in [-0.3, -0.25) is 4.98 Å². The van der Waals surface area contributed by atoms with Gasteiger partial charge in [-0.1, -0.05) is 0 Å². The van der Waals surface area contributed by atoms with Gasteiger partial charge in [0.2, 0.25) is 0 Å². The van der Waals surface area contributed by atoms with E-state index in [0.717, 1.165) is 16.9 Å². The third-order valence-corrected chi connectivity index (χ3v) is 1.67. The van der Waals surface area contributed by atoms with Gasteiger partial charge < -0.3 is 4.98 Å². The van der Waals surface area contributed by atoms with Gasteiger partial charge in [-0.2, -0.15) is 0 Å². The minimum atomic E-state index is -0.132. The molecule has 0 amide bonds. The molecule has 0 unspecified atom stereocenters. The maximum absolute atomic E-state index is 10.3. The number of hydrogen-bond donors (Lipinski definition) is 1. The van der Waals surface area contributed by atoms with E-state index < -0.39 is 0 Å². The lowest BCUT2D eigenvalue weighted by molar-refractivity contribution is 0.195. The van der Waals surface area contributed by atoms with Crippen LogP contribution in [-0.4, -0.2) is 21.6 Å². The molecule has 4 heteroatoms. The van der Waals surface area contributed by atoms with Gasteiger partial charge in [0, 0.05) is 12.6 Å². The van der Waals surface area contributed by atoms with Crippen LogP contribution in [0.3, 0.4) is 0 Å². The van der Waals surface area contributed by atoms with Gasteiger partial charge >= 0.3 is 0 Å². The highest BCUT2D eigenvalue weighted by Crippen LogP contribution is 2.08. The predicted molar refractivity (Wildman–Crippen MR) is 43.1 cm³/mol. The molecule has 0 saturated heterocycles. The molecule has 0 spiro atoms. The number of imidazole rings is 1. The third kappa shape index (κ3) is 1.16. The Morgan fingerprint density at radius 3 is 3.17 bits per heavy atom. The zero-order valence-corrected chi connectivity index (χ0v) is 6.45. The first-order chi connectivity index (χ1) is 5.90. The van der Waals surface area contributed by atoms with Crippen molar-refractivity contribution in [3.8, 4) is 0 Å². The average molecular weight is 162 g/mol. The largest absolute Gasteiger partial charge is 0.342 e. The number of pyridine rings is 1. The summed E-state index contributed by atoms with van der Waals surface area (Å²) < 4.78 is 0. The lowest BCUT2D eigenvalue weighted by Gasteiger charge is -1.84. The van der Waals surface area contributed by atoms with Gasteiger partial charge in [0.1, 0.15) is 11.3 Å². The highest BCUT2D eigenvalue weighted by atomic mass is 16.3. The van der Waals surface area contributed by atoms with Crippen LogP contribution >= 0.6 is 0 Å². The van der Waals surface area contributed by atoms with E-state index in [4.69, 9.17) is 0 Å². The van der Waals surface area contributed by atoms with Gasteiger partial charge in [-0.05, 0) is 6.07 Å². The van der Waals surface area contributed by atoms with E-state index in [0.29, 0.717) is 6.42 Å². The third-order valence-electron chi connectivity index (χ3n) is 1.67. The summed E-state index contributed by atoms with van der Waals surface area (Å²) in [6.45, 7) is -0.132. The van der Waals surface area contributed by atoms with E-state index in [1.165, 1.54) is 0 Å². The van der Waals surface area contributed by atoms with Crippen LogP contribution in [-0.2, 0) is 11.5 Å². The Kier molecular flexibility index (Phi) is 1.75. The lowest BCUT2D eigenvalue weighted by atomic mass is 10.4. The minimum Gasteiger partial charge on any atom is -0.342 e. The van der Waals surface area contributed by atoms with Crippen LogP contribution in [0, 0.1) is 0 Å². The Balaban J connectivity index is 2.47. The summed E-state index contributed by atoms with van der Waals surface area (Å²) >= 11 is 0. The standard InChI is InChI=1S/C8H8N3O/c12-4-2-8-10-6-1-3-9-5-7(6)11-8/h1,3,5H,2,4H2,(H,10,11). The van der Waals surface area contributed by atoms with E-state index >= 15 is 0 Å². The Labute approximate surface area is 69.3 Å². The maximum Gasteiger partial charge on any atom is 0.109 e. The molecule has 0 fully saturated rings. The van der Waals surface area contributed by atoms with Crippen molar-refractivity contribution in [3.05, 3.63) is 24.3 Å². The van der Waals surface area contributed by atoms with Crippen LogP contribution in [0.5, 0.6) is 0 Å². The lowest BCUT2D eigenvalue weighted by Crippen LogP contribution is -1.90. The summed E-state index contributed by atoms with van der Waals surface area (Å²) in [5.74, 6) is 0.744. The quantitative estimate of drug-likeness (QED) is 0.714. The molecule has 0 aromatic carbocycles. The van der Waals surface area contributed by atoms with Crippen molar-refractivity contribution >= 4 is 11.0 Å². The fourth-order valence-corrected chi connectivity index (χ4v) is 1.12. The number of aromatic nitrogens is 3. The fraction of sp³-hybridized carbons (Fsp3) is 0.250. The molecule has 0 bridgehead atoms. The number of fused-ring (bicyclic) bond motifs is 1. The Morgan fingerprint density at radius 1 is 1.50 bits per heavy atom. The molecule has 0 aliphatic carbocycles. The maximum atomic E-state index is 10.3. The molecule has 4 nitrogen and oxygen atoms in total. The van der Waals surface area contributed by atoms with Crippen molar-refractivity contribution in [2.45, 2.75) is 6.42 Å². The molecule has 2 rings (SSSR count). The first-order valence-corrected chi connectivity index (χ1v) is 3.77. The van der Waals surface area contributed by atoms with E-state index in [1.54, 1.807) is 12.4 Å². The first-order valence-electron chi connectivity index (χ1n) is 3.77. The van der Waals surface area contributed by atoms with Crippen LogP contribution < -0.4 is 0 Å². The summed E-state index contributed by atoms with van der Waals surface area (Å²) in [5, 5.41) is 10.3. The minimum absolute atomic E-state index is 0.132. The summed E-state index contributed by atoms with van der Waals surface area (Å²) in [4.78, 5) is 11.2. The summed E-state index contributed by atoms with van der Waals surface area (Å²) in [6, 6.07) is 1.84. The summed E-state index contributed by atoms with van der Waals surface area (Å²) in [6.07, 6.45) is 3.83. The van der Waals surface area contributed by atoms with Crippen LogP contribution in [0.15, 0.2) is 18.5 Å². The zero-order chi connectivity index (χ0) is 8.39. The van der Waals surface area contributed by atoms with Crippen LogP contribution in [0.4, 0.5) is 0 Å². The molecule has 2 heterocycles. The number of nitrogens with one attached hydrogen (secondary N) is 1. The zero-order valence-electron chi connectivity index (χ0n) is 6.45. The highest BCUT2D eigenvalue weighted by Gasteiger charge is 2.00. The second-order valence-electron chi connectivity index (χ2n) is 2.53. The van der Waals surface area contributed by atoms with Crippen LogP contribution in [0.1, 0.15) is 5.82 Å². The topological polar surface area (TPSA) is 61.5 Å². The Bertz CT molecular complexity index is 349. The van der Waals surface area contributed by atoms with Gasteiger partial charge in [0.05, 0.1) is 18.3 Å². The number of nitrogens with zero attached hydrogens (tertiary/aromatic N) is 2. The fourth-order valence-electron chi connectivity index (χ4n) is 1.12. The van der Waals surface area contributed by atoms with E-state index in [2.05, 4.69) is 15.0 Å². The summed E-state index contributed by atoms with van der Waals surface area (Å²) in [5.41, 5.74) is 1.76. The molecular weight excluding hydrogens is 154 g/mol. The molecule has 0 aliphatic rings. The average Bonchev–Trinajstić information content (AvgIpc) is 2.47. The van der Waals surface area contributed by atoms with Gasteiger partial charge in [-0.15, -0.1) is 0 Å². The molecule has 0 atom stereocenters. The van der Waals surface area contributed by atoms with Crippen molar-refractivity contribution in [3.63, 3.8) is 0 Å². The Hall–Kier alpha value is -1.42. The van der Waals surface area contributed by atoms with Crippen molar-refractivity contribution in [1.29, 1.82) is 0 Å². The normalized spacial score (nSPS) is 10.8.